The molecule has 1 fully saturated rings. The maximum Gasteiger partial charge on any atom is 0.328 e. The number of aliphatic imine (C=N–C) groups is 1. The largest absolute Gasteiger partial charge is 0.328 e. The number of barbiturate groups is 1. The summed E-state index contributed by atoms with van der Waals surface area (Å²) in [5, 5.41) is 4.39. The maximum absolute atomic E-state index is 11.4. The fraction of sp³-hybridized carbons (Fsp3) is 0. The summed E-state index contributed by atoms with van der Waals surface area (Å²) in [6.45, 7) is 0. The van der Waals surface area contributed by atoms with Gasteiger partial charge in [0.05, 0.1) is 10.7 Å². The highest BCUT2D eigenvalue weighted by molar-refractivity contribution is 6.69. The van der Waals surface area contributed by atoms with Crippen molar-refractivity contribution >= 4 is 52.4 Å². The maximum atomic E-state index is 11.4. The summed E-state index contributed by atoms with van der Waals surface area (Å²) in [5.41, 5.74) is -0.241. The average Bonchev–Trinajstić information content (AvgIpc) is 2.25. The SMILES string of the molecule is O=C1NC(=O)C(=Nc2ccc(Cl)cc2Cl)C(=O)N1. The number of urea groups is 1. The lowest BCUT2D eigenvalue weighted by Crippen LogP contribution is -2.56. The molecule has 1 aromatic carbocycles. The van der Waals surface area contributed by atoms with Crippen molar-refractivity contribution in [2.45, 2.75) is 0 Å². The number of carbonyl (C=O) groups is 3. The number of imide groups is 2. The first kappa shape index (κ1) is 12.5. The van der Waals surface area contributed by atoms with Gasteiger partial charge in [-0.3, -0.25) is 20.2 Å². The van der Waals surface area contributed by atoms with Crippen LogP contribution in [0, 0.1) is 0 Å². The highest BCUT2D eigenvalue weighted by atomic mass is 35.5. The van der Waals surface area contributed by atoms with Crippen LogP contribution in [0.1, 0.15) is 0 Å². The Morgan fingerprint density at radius 2 is 1.61 bits per heavy atom. The predicted molar refractivity (Wildman–Crippen MR) is 65.2 cm³/mol. The van der Waals surface area contributed by atoms with Gasteiger partial charge in [0.2, 0.25) is 0 Å². The van der Waals surface area contributed by atoms with E-state index in [0.29, 0.717) is 5.02 Å². The average molecular weight is 286 g/mol. The van der Waals surface area contributed by atoms with Crippen LogP contribution in [0.5, 0.6) is 0 Å². The van der Waals surface area contributed by atoms with E-state index in [1.54, 1.807) is 0 Å². The predicted octanol–water partition coefficient (Wildman–Crippen LogP) is 1.43. The monoisotopic (exact) mass is 285 g/mol. The summed E-state index contributed by atoms with van der Waals surface area (Å²) >= 11 is 11.6. The van der Waals surface area contributed by atoms with Crippen LogP contribution in [-0.2, 0) is 9.59 Å². The molecule has 0 saturated carbocycles. The fourth-order valence-electron chi connectivity index (χ4n) is 1.25. The number of nitrogens with zero attached hydrogens (tertiary/aromatic N) is 1. The topological polar surface area (TPSA) is 87.6 Å². The molecule has 0 bridgehead atoms. The second-order valence-electron chi connectivity index (χ2n) is 3.29. The standard InChI is InChI=1S/C10H5Cl2N3O3/c11-4-1-2-6(5(12)3-4)13-7-8(16)14-10(18)15-9(7)17/h1-3H,(H2,14,15,16,17,18). The zero-order valence-corrected chi connectivity index (χ0v) is 10.2. The molecule has 6 nitrogen and oxygen atoms in total. The minimum atomic E-state index is -0.883. The van der Waals surface area contributed by atoms with Crippen molar-refractivity contribution in [3.8, 4) is 0 Å². The van der Waals surface area contributed by atoms with Crippen LogP contribution in [0.2, 0.25) is 10.0 Å². The van der Waals surface area contributed by atoms with Gasteiger partial charge in [0.1, 0.15) is 0 Å². The smallest absolute Gasteiger partial charge is 0.272 e. The Hall–Kier alpha value is -1.92. The molecule has 4 amide bonds. The van der Waals surface area contributed by atoms with E-state index in [2.05, 4.69) is 4.99 Å². The van der Waals surface area contributed by atoms with Crippen LogP contribution in [0.4, 0.5) is 10.5 Å². The third-order valence-electron chi connectivity index (χ3n) is 2.03. The van der Waals surface area contributed by atoms with Crippen LogP contribution in [-0.4, -0.2) is 23.6 Å². The van der Waals surface area contributed by atoms with Crippen molar-refractivity contribution in [1.29, 1.82) is 0 Å². The fourth-order valence-corrected chi connectivity index (χ4v) is 1.70. The van der Waals surface area contributed by atoms with E-state index in [-0.39, 0.29) is 10.7 Å². The number of halogens is 2. The van der Waals surface area contributed by atoms with Gasteiger partial charge in [0.25, 0.3) is 11.8 Å². The molecule has 1 aliphatic rings. The molecule has 1 aliphatic heterocycles. The minimum absolute atomic E-state index is 0.188. The number of hydrogen-bond acceptors (Lipinski definition) is 4. The Morgan fingerprint density at radius 3 is 2.17 bits per heavy atom. The molecular weight excluding hydrogens is 281 g/mol. The van der Waals surface area contributed by atoms with Crippen LogP contribution in [0.3, 0.4) is 0 Å². The van der Waals surface area contributed by atoms with E-state index in [4.69, 9.17) is 23.2 Å². The lowest BCUT2D eigenvalue weighted by Gasteiger charge is -2.12. The molecule has 0 spiro atoms. The van der Waals surface area contributed by atoms with Crippen LogP contribution < -0.4 is 10.6 Å². The molecule has 0 aromatic heterocycles. The first-order valence-electron chi connectivity index (χ1n) is 4.68. The minimum Gasteiger partial charge on any atom is -0.272 e. The van der Waals surface area contributed by atoms with Gasteiger partial charge >= 0.3 is 6.03 Å². The quantitative estimate of drug-likeness (QED) is 0.818. The van der Waals surface area contributed by atoms with Crippen molar-refractivity contribution in [3.05, 3.63) is 28.2 Å². The van der Waals surface area contributed by atoms with Gasteiger partial charge in [-0.2, -0.15) is 0 Å². The van der Waals surface area contributed by atoms with Crippen LogP contribution in [0.15, 0.2) is 23.2 Å². The molecule has 92 valence electrons. The van der Waals surface area contributed by atoms with E-state index < -0.39 is 23.6 Å². The first-order valence-corrected chi connectivity index (χ1v) is 5.43. The molecule has 8 heteroatoms. The molecule has 1 heterocycles. The zero-order valence-electron chi connectivity index (χ0n) is 8.66. The number of carbonyl (C=O) groups excluding carboxylic acids is 3. The molecule has 2 rings (SSSR count). The Kier molecular flexibility index (Phi) is 3.31. The summed E-state index contributed by atoms with van der Waals surface area (Å²) in [7, 11) is 0. The van der Waals surface area contributed by atoms with E-state index in [9.17, 15) is 14.4 Å². The summed E-state index contributed by atoms with van der Waals surface area (Å²) < 4.78 is 0. The number of hydrogen-bond donors (Lipinski definition) is 2. The second kappa shape index (κ2) is 4.75. The molecule has 1 saturated heterocycles. The van der Waals surface area contributed by atoms with Gasteiger partial charge in [-0.1, -0.05) is 23.2 Å². The molecule has 1 aromatic rings. The van der Waals surface area contributed by atoms with E-state index in [1.165, 1.54) is 18.2 Å². The molecular formula is C10H5Cl2N3O3. The van der Waals surface area contributed by atoms with Crippen LogP contribution in [0.25, 0.3) is 0 Å². The van der Waals surface area contributed by atoms with Crippen molar-refractivity contribution in [1.82, 2.24) is 10.6 Å². The highest BCUT2D eigenvalue weighted by Gasteiger charge is 2.29. The highest BCUT2D eigenvalue weighted by Crippen LogP contribution is 2.28. The normalized spacial score (nSPS) is 15.2. The first-order chi connectivity index (χ1) is 8.47. The molecule has 2 N–H and O–H groups in total. The Balaban J connectivity index is 2.40. The zero-order chi connectivity index (χ0) is 13.3. The Labute approximate surface area is 111 Å². The lowest BCUT2D eigenvalue weighted by molar-refractivity contribution is -0.119. The van der Waals surface area contributed by atoms with Gasteiger partial charge in [-0.25, -0.2) is 9.79 Å². The Bertz CT molecular complexity index is 576. The number of benzene rings is 1. The number of amides is 4. The van der Waals surface area contributed by atoms with Gasteiger partial charge in [0.15, 0.2) is 5.71 Å². The van der Waals surface area contributed by atoms with Gasteiger partial charge in [-0.05, 0) is 18.2 Å². The second-order valence-corrected chi connectivity index (χ2v) is 4.14. The summed E-state index contributed by atoms with van der Waals surface area (Å²) in [6, 6.07) is 3.50. The van der Waals surface area contributed by atoms with Gasteiger partial charge in [0, 0.05) is 5.02 Å². The summed E-state index contributed by atoms with van der Waals surface area (Å²) in [6.07, 6.45) is 0. The van der Waals surface area contributed by atoms with Crippen molar-refractivity contribution in [2.24, 2.45) is 4.99 Å². The van der Waals surface area contributed by atoms with Crippen molar-refractivity contribution < 1.29 is 14.4 Å². The summed E-state index contributed by atoms with van der Waals surface area (Å²) in [5.74, 6) is -1.76. The molecule has 18 heavy (non-hydrogen) atoms. The Morgan fingerprint density at radius 1 is 1.00 bits per heavy atom. The van der Waals surface area contributed by atoms with Crippen molar-refractivity contribution in [3.63, 3.8) is 0 Å². The molecule has 0 unspecified atom stereocenters. The van der Waals surface area contributed by atoms with Crippen LogP contribution >= 0.6 is 23.2 Å². The third-order valence-corrected chi connectivity index (χ3v) is 2.56. The summed E-state index contributed by atoms with van der Waals surface area (Å²) in [4.78, 5) is 37.4. The number of nitrogens with one attached hydrogen (secondary N) is 2. The van der Waals surface area contributed by atoms with Crippen molar-refractivity contribution in [2.75, 3.05) is 0 Å². The lowest BCUT2D eigenvalue weighted by atomic mass is 10.2. The van der Waals surface area contributed by atoms with Gasteiger partial charge in [-0.15, -0.1) is 0 Å². The molecule has 0 atom stereocenters. The molecule has 0 aliphatic carbocycles. The van der Waals surface area contributed by atoms with E-state index in [1.807, 2.05) is 10.6 Å². The van der Waals surface area contributed by atoms with Gasteiger partial charge < -0.3 is 0 Å². The van der Waals surface area contributed by atoms with E-state index >= 15 is 0 Å². The van der Waals surface area contributed by atoms with E-state index in [0.717, 1.165) is 0 Å². The number of rotatable bonds is 1. The molecule has 0 radical (unpaired) electrons. The third kappa shape index (κ3) is 2.49.